The molecule has 0 aliphatic heterocycles. The molecular formula is C18H34N2O5. The average Bonchev–Trinajstić information content (AvgIpc) is 2.32. The van der Waals surface area contributed by atoms with E-state index in [1.807, 2.05) is 34.6 Å². The molecule has 0 aliphatic carbocycles. The van der Waals surface area contributed by atoms with Crippen molar-refractivity contribution in [1.82, 2.24) is 10.6 Å². The summed E-state index contributed by atoms with van der Waals surface area (Å²) >= 11 is 0. The molecule has 146 valence electrons. The molecule has 2 atom stereocenters. The smallest absolute Gasteiger partial charge is 0.408 e. The zero-order chi connectivity index (χ0) is 20.0. The molecule has 0 aromatic rings. The second-order valence-corrected chi connectivity index (χ2v) is 8.99. The molecule has 0 spiro atoms. The minimum absolute atomic E-state index is 0.112. The first-order valence-corrected chi connectivity index (χ1v) is 8.63. The van der Waals surface area contributed by atoms with Crippen LogP contribution in [0, 0.1) is 11.3 Å². The van der Waals surface area contributed by atoms with Gasteiger partial charge in [-0.1, -0.05) is 34.6 Å². The number of aliphatic carboxylic acids is 1. The number of amides is 2. The Labute approximate surface area is 150 Å². The van der Waals surface area contributed by atoms with E-state index in [9.17, 15) is 19.5 Å². The SMILES string of the molecule is CC(C)C[C@H](NC(=O)[C@H](CC(C)(C)C)NC(=O)OC(C)(C)C)C(=O)O. The zero-order valence-electron chi connectivity index (χ0n) is 16.7. The van der Waals surface area contributed by atoms with Crippen LogP contribution in [-0.4, -0.2) is 40.8 Å². The Kier molecular flexibility index (Phi) is 8.41. The molecule has 3 N–H and O–H groups in total. The highest BCUT2D eigenvalue weighted by Crippen LogP contribution is 2.21. The fraction of sp³-hybridized carbons (Fsp3) is 0.833. The van der Waals surface area contributed by atoms with Gasteiger partial charge in [0.25, 0.3) is 0 Å². The molecule has 7 nitrogen and oxygen atoms in total. The molecule has 0 aromatic heterocycles. The third-order valence-electron chi connectivity index (χ3n) is 3.15. The maximum Gasteiger partial charge on any atom is 0.408 e. The predicted octanol–water partition coefficient (Wildman–Crippen LogP) is 2.93. The largest absolute Gasteiger partial charge is 0.480 e. The van der Waals surface area contributed by atoms with Crippen LogP contribution in [-0.2, 0) is 14.3 Å². The van der Waals surface area contributed by atoms with E-state index in [0.717, 1.165) is 0 Å². The summed E-state index contributed by atoms with van der Waals surface area (Å²) in [7, 11) is 0. The van der Waals surface area contributed by atoms with Crippen molar-refractivity contribution in [3.05, 3.63) is 0 Å². The van der Waals surface area contributed by atoms with Crippen LogP contribution in [0.5, 0.6) is 0 Å². The van der Waals surface area contributed by atoms with Crippen molar-refractivity contribution in [2.24, 2.45) is 11.3 Å². The molecule has 25 heavy (non-hydrogen) atoms. The molecule has 0 aromatic carbocycles. The Bertz CT molecular complexity index is 475. The van der Waals surface area contributed by atoms with Gasteiger partial charge < -0.3 is 20.5 Å². The van der Waals surface area contributed by atoms with Crippen molar-refractivity contribution in [2.45, 2.75) is 85.9 Å². The van der Waals surface area contributed by atoms with Crippen molar-refractivity contribution < 1.29 is 24.2 Å². The first-order valence-electron chi connectivity index (χ1n) is 8.63. The lowest BCUT2D eigenvalue weighted by molar-refractivity contribution is -0.142. The fourth-order valence-corrected chi connectivity index (χ4v) is 2.24. The van der Waals surface area contributed by atoms with E-state index in [4.69, 9.17) is 4.74 Å². The lowest BCUT2D eigenvalue weighted by Crippen LogP contribution is -2.53. The molecule has 0 heterocycles. The van der Waals surface area contributed by atoms with Crippen LogP contribution in [0.15, 0.2) is 0 Å². The summed E-state index contributed by atoms with van der Waals surface area (Å²) in [6, 6.07) is -1.86. The second-order valence-electron chi connectivity index (χ2n) is 8.99. The maximum atomic E-state index is 12.6. The van der Waals surface area contributed by atoms with Gasteiger partial charge in [0, 0.05) is 0 Å². The summed E-state index contributed by atoms with van der Waals surface area (Å²) in [6.07, 6.45) is -0.0328. The van der Waals surface area contributed by atoms with Crippen LogP contribution in [0.1, 0.15) is 68.2 Å². The molecule has 0 fully saturated rings. The van der Waals surface area contributed by atoms with Crippen molar-refractivity contribution in [3.63, 3.8) is 0 Å². The lowest BCUT2D eigenvalue weighted by Gasteiger charge is -2.28. The number of carbonyl (C=O) groups excluding carboxylic acids is 2. The van der Waals surface area contributed by atoms with Gasteiger partial charge in [-0.05, 0) is 44.9 Å². The Morgan fingerprint density at radius 3 is 1.84 bits per heavy atom. The summed E-state index contributed by atoms with van der Waals surface area (Å²) < 4.78 is 5.20. The minimum Gasteiger partial charge on any atom is -0.480 e. The number of carboxylic acids is 1. The van der Waals surface area contributed by atoms with Crippen LogP contribution in [0.4, 0.5) is 4.79 Å². The Balaban J connectivity index is 5.15. The molecule has 2 amide bonds. The summed E-state index contributed by atoms with van der Waals surface area (Å²) in [6.45, 7) is 14.8. The number of alkyl carbamates (subject to hydrolysis) is 1. The van der Waals surface area contributed by atoms with Gasteiger partial charge in [0.05, 0.1) is 0 Å². The van der Waals surface area contributed by atoms with Gasteiger partial charge >= 0.3 is 12.1 Å². The van der Waals surface area contributed by atoms with E-state index in [0.29, 0.717) is 12.8 Å². The first kappa shape index (κ1) is 23.2. The summed E-state index contributed by atoms with van der Waals surface area (Å²) in [5, 5.41) is 14.4. The van der Waals surface area contributed by atoms with E-state index < -0.39 is 35.7 Å². The van der Waals surface area contributed by atoms with Crippen LogP contribution in [0.3, 0.4) is 0 Å². The van der Waals surface area contributed by atoms with Gasteiger partial charge in [-0.3, -0.25) is 4.79 Å². The third-order valence-corrected chi connectivity index (χ3v) is 3.15. The van der Waals surface area contributed by atoms with Gasteiger partial charge in [-0.2, -0.15) is 0 Å². The molecule has 0 bridgehead atoms. The lowest BCUT2D eigenvalue weighted by atomic mass is 9.87. The molecule has 0 saturated heterocycles. The molecular weight excluding hydrogens is 324 g/mol. The predicted molar refractivity (Wildman–Crippen MR) is 96.3 cm³/mol. The van der Waals surface area contributed by atoms with Gasteiger partial charge in [-0.25, -0.2) is 9.59 Å². The van der Waals surface area contributed by atoms with Gasteiger partial charge in [0.2, 0.25) is 5.91 Å². The number of hydrogen-bond acceptors (Lipinski definition) is 4. The van der Waals surface area contributed by atoms with Crippen molar-refractivity contribution in [1.29, 1.82) is 0 Å². The standard InChI is InChI=1S/C18H34N2O5/c1-11(2)9-12(15(22)23)19-14(21)13(10-17(3,4)5)20-16(24)25-18(6,7)8/h11-13H,9-10H2,1-8H3,(H,19,21)(H,20,24)(H,22,23)/t12-,13-/m0/s1. The Morgan fingerprint density at radius 1 is 0.960 bits per heavy atom. The van der Waals surface area contributed by atoms with E-state index in [-0.39, 0.29) is 11.3 Å². The highest BCUT2D eigenvalue weighted by Gasteiger charge is 2.31. The maximum absolute atomic E-state index is 12.6. The third kappa shape index (κ3) is 11.4. The van der Waals surface area contributed by atoms with Crippen LogP contribution in [0.2, 0.25) is 0 Å². The van der Waals surface area contributed by atoms with Crippen LogP contribution < -0.4 is 10.6 Å². The van der Waals surface area contributed by atoms with Crippen LogP contribution >= 0.6 is 0 Å². The van der Waals surface area contributed by atoms with Gasteiger partial charge in [-0.15, -0.1) is 0 Å². The van der Waals surface area contributed by atoms with E-state index in [1.165, 1.54) is 0 Å². The fourth-order valence-electron chi connectivity index (χ4n) is 2.24. The summed E-state index contributed by atoms with van der Waals surface area (Å²) in [5.74, 6) is -1.50. The van der Waals surface area contributed by atoms with Crippen molar-refractivity contribution in [3.8, 4) is 0 Å². The average molecular weight is 358 g/mol. The van der Waals surface area contributed by atoms with E-state index in [2.05, 4.69) is 10.6 Å². The van der Waals surface area contributed by atoms with E-state index in [1.54, 1.807) is 20.8 Å². The molecule has 0 aliphatic rings. The molecule has 0 radical (unpaired) electrons. The number of carboxylic acid groups (broad SMARTS) is 1. The molecule has 0 rings (SSSR count). The quantitative estimate of drug-likeness (QED) is 0.649. The Morgan fingerprint density at radius 2 is 1.48 bits per heavy atom. The van der Waals surface area contributed by atoms with Gasteiger partial charge in [0.15, 0.2) is 0 Å². The van der Waals surface area contributed by atoms with E-state index >= 15 is 0 Å². The normalized spacial score (nSPS) is 14.6. The zero-order valence-corrected chi connectivity index (χ0v) is 16.7. The minimum atomic E-state index is -1.09. The van der Waals surface area contributed by atoms with Crippen molar-refractivity contribution in [2.75, 3.05) is 0 Å². The number of nitrogens with one attached hydrogen (secondary N) is 2. The van der Waals surface area contributed by atoms with Gasteiger partial charge in [0.1, 0.15) is 17.7 Å². The molecule has 7 heteroatoms. The monoisotopic (exact) mass is 358 g/mol. The molecule has 0 saturated carbocycles. The highest BCUT2D eigenvalue weighted by molar-refractivity contribution is 5.89. The van der Waals surface area contributed by atoms with Crippen molar-refractivity contribution >= 4 is 18.0 Å². The summed E-state index contributed by atoms with van der Waals surface area (Å²) in [4.78, 5) is 36.0. The second kappa shape index (κ2) is 9.06. The summed E-state index contributed by atoms with van der Waals surface area (Å²) in [5.41, 5.74) is -0.929. The number of rotatable bonds is 7. The topological polar surface area (TPSA) is 105 Å². The Hall–Kier alpha value is -1.79. The highest BCUT2D eigenvalue weighted by atomic mass is 16.6. The number of hydrogen-bond donors (Lipinski definition) is 3. The first-order chi connectivity index (χ1) is 11.1. The van der Waals surface area contributed by atoms with Crippen LogP contribution in [0.25, 0.3) is 0 Å². The molecule has 0 unspecified atom stereocenters. The number of carbonyl (C=O) groups is 3. The number of ether oxygens (including phenoxy) is 1.